The SMILES string of the molecule is CC(Cc1ccoc1)NC(=O)c1ccc(Oc2ccccc2)cc1. The highest BCUT2D eigenvalue weighted by molar-refractivity contribution is 5.94. The van der Waals surface area contributed by atoms with Crippen LogP contribution in [0.4, 0.5) is 0 Å². The summed E-state index contributed by atoms with van der Waals surface area (Å²) < 4.78 is 10.8. The number of ether oxygens (including phenoxy) is 1. The second kappa shape index (κ2) is 7.51. The van der Waals surface area contributed by atoms with E-state index in [0.717, 1.165) is 17.7 Å². The Bertz CT molecular complexity index is 764. The Morgan fingerprint density at radius 2 is 1.75 bits per heavy atom. The molecule has 1 unspecified atom stereocenters. The molecule has 0 saturated carbocycles. The van der Waals surface area contributed by atoms with Crippen LogP contribution in [-0.2, 0) is 6.42 Å². The van der Waals surface area contributed by atoms with Crippen molar-refractivity contribution in [3.8, 4) is 11.5 Å². The molecule has 0 bridgehead atoms. The van der Waals surface area contributed by atoms with Crippen LogP contribution in [0.15, 0.2) is 77.6 Å². The largest absolute Gasteiger partial charge is 0.472 e. The zero-order valence-electron chi connectivity index (χ0n) is 13.4. The van der Waals surface area contributed by atoms with Crippen LogP contribution in [0.25, 0.3) is 0 Å². The van der Waals surface area contributed by atoms with E-state index in [1.807, 2.05) is 43.3 Å². The van der Waals surface area contributed by atoms with Gasteiger partial charge in [0, 0.05) is 11.6 Å². The van der Waals surface area contributed by atoms with Gasteiger partial charge in [0.1, 0.15) is 11.5 Å². The Labute approximate surface area is 141 Å². The Morgan fingerprint density at radius 1 is 1.04 bits per heavy atom. The first-order chi connectivity index (χ1) is 11.7. The van der Waals surface area contributed by atoms with Gasteiger partial charge in [-0.3, -0.25) is 4.79 Å². The van der Waals surface area contributed by atoms with Gasteiger partial charge in [-0.1, -0.05) is 18.2 Å². The van der Waals surface area contributed by atoms with Gasteiger partial charge >= 0.3 is 0 Å². The summed E-state index contributed by atoms with van der Waals surface area (Å²) >= 11 is 0. The summed E-state index contributed by atoms with van der Waals surface area (Å²) in [5.41, 5.74) is 1.67. The van der Waals surface area contributed by atoms with Crippen molar-refractivity contribution in [1.82, 2.24) is 5.32 Å². The van der Waals surface area contributed by atoms with Crippen molar-refractivity contribution in [1.29, 1.82) is 0 Å². The Morgan fingerprint density at radius 3 is 2.42 bits per heavy atom. The minimum absolute atomic E-state index is 0.0235. The lowest BCUT2D eigenvalue weighted by Gasteiger charge is -2.13. The quantitative estimate of drug-likeness (QED) is 0.730. The molecule has 0 fully saturated rings. The first kappa shape index (κ1) is 15.9. The molecule has 2 aromatic carbocycles. The summed E-state index contributed by atoms with van der Waals surface area (Å²) in [4.78, 5) is 12.3. The third-order valence-electron chi connectivity index (χ3n) is 3.59. The molecule has 0 radical (unpaired) electrons. The molecular weight excluding hydrogens is 302 g/mol. The number of amides is 1. The van der Waals surface area contributed by atoms with E-state index in [4.69, 9.17) is 9.15 Å². The highest BCUT2D eigenvalue weighted by atomic mass is 16.5. The van der Waals surface area contributed by atoms with Crippen LogP contribution in [0, 0.1) is 0 Å². The molecule has 4 nitrogen and oxygen atoms in total. The van der Waals surface area contributed by atoms with E-state index in [1.54, 1.807) is 36.8 Å². The summed E-state index contributed by atoms with van der Waals surface area (Å²) in [6.45, 7) is 1.97. The molecule has 1 amide bonds. The molecule has 24 heavy (non-hydrogen) atoms. The smallest absolute Gasteiger partial charge is 0.251 e. The zero-order chi connectivity index (χ0) is 16.8. The normalized spacial score (nSPS) is 11.7. The third kappa shape index (κ3) is 4.26. The number of hydrogen-bond donors (Lipinski definition) is 1. The van der Waals surface area contributed by atoms with Crippen molar-refractivity contribution in [2.45, 2.75) is 19.4 Å². The average Bonchev–Trinajstić information content (AvgIpc) is 3.09. The van der Waals surface area contributed by atoms with Crippen molar-refractivity contribution in [2.75, 3.05) is 0 Å². The van der Waals surface area contributed by atoms with Gasteiger partial charge < -0.3 is 14.5 Å². The molecule has 0 aliphatic rings. The lowest BCUT2D eigenvalue weighted by Crippen LogP contribution is -2.33. The van der Waals surface area contributed by atoms with Gasteiger partial charge in [0.25, 0.3) is 5.91 Å². The molecule has 0 saturated heterocycles. The summed E-state index contributed by atoms with van der Waals surface area (Å²) in [7, 11) is 0. The Hall–Kier alpha value is -3.01. The molecule has 0 aliphatic carbocycles. The fourth-order valence-corrected chi connectivity index (χ4v) is 2.42. The molecule has 1 atom stereocenters. The van der Waals surface area contributed by atoms with Gasteiger partial charge in [0.15, 0.2) is 0 Å². The molecular formula is C20H19NO3. The molecule has 4 heteroatoms. The number of para-hydroxylation sites is 1. The minimum atomic E-state index is -0.0998. The van der Waals surface area contributed by atoms with E-state index in [9.17, 15) is 4.79 Å². The van der Waals surface area contributed by atoms with E-state index >= 15 is 0 Å². The summed E-state index contributed by atoms with van der Waals surface area (Å²) in [6, 6.07) is 18.6. The Kier molecular flexibility index (Phi) is 4.96. The topological polar surface area (TPSA) is 51.5 Å². The number of carbonyl (C=O) groups excluding carboxylic acids is 1. The van der Waals surface area contributed by atoms with Crippen molar-refractivity contribution in [3.05, 3.63) is 84.3 Å². The van der Waals surface area contributed by atoms with Crippen LogP contribution in [0.1, 0.15) is 22.8 Å². The molecule has 1 aromatic heterocycles. The first-order valence-electron chi connectivity index (χ1n) is 7.85. The molecule has 3 aromatic rings. The van der Waals surface area contributed by atoms with Crippen LogP contribution < -0.4 is 10.1 Å². The van der Waals surface area contributed by atoms with Gasteiger partial charge in [-0.2, -0.15) is 0 Å². The highest BCUT2D eigenvalue weighted by Gasteiger charge is 2.11. The molecule has 1 N–H and O–H groups in total. The van der Waals surface area contributed by atoms with Crippen molar-refractivity contribution in [2.24, 2.45) is 0 Å². The van der Waals surface area contributed by atoms with E-state index in [1.165, 1.54) is 0 Å². The third-order valence-corrected chi connectivity index (χ3v) is 3.59. The number of hydrogen-bond acceptors (Lipinski definition) is 3. The maximum absolute atomic E-state index is 12.3. The van der Waals surface area contributed by atoms with Crippen LogP contribution >= 0.6 is 0 Å². The van der Waals surface area contributed by atoms with E-state index in [-0.39, 0.29) is 11.9 Å². The zero-order valence-corrected chi connectivity index (χ0v) is 13.4. The maximum Gasteiger partial charge on any atom is 0.251 e. The summed E-state index contributed by atoms with van der Waals surface area (Å²) in [6.07, 6.45) is 4.06. The van der Waals surface area contributed by atoms with Gasteiger partial charge in [-0.05, 0) is 61.4 Å². The first-order valence-corrected chi connectivity index (χ1v) is 7.85. The molecule has 0 aliphatic heterocycles. The molecule has 3 rings (SSSR count). The standard InChI is InChI=1S/C20H19NO3/c1-15(13-16-11-12-23-14-16)21-20(22)17-7-9-19(10-8-17)24-18-5-3-2-4-6-18/h2-12,14-15H,13H2,1H3,(H,21,22). The second-order valence-corrected chi connectivity index (χ2v) is 5.65. The van der Waals surface area contributed by atoms with Crippen LogP contribution in [0.5, 0.6) is 11.5 Å². The van der Waals surface area contributed by atoms with Gasteiger partial charge in [-0.15, -0.1) is 0 Å². The fraction of sp³-hybridized carbons (Fsp3) is 0.150. The average molecular weight is 321 g/mol. The Balaban J connectivity index is 1.57. The lowest BCUT2D eigenvalue weighted by atomic mass is 10.1. The fourth-order valence-electron chi connectivity index (χ4n) is 2.42. The predicted octanol–water partition coefficient (Wildman–Crippen LogP) is 4.43. The van der Waals surface area contributed by atoms with E-state index in [0.29, 0.717) is 11.3 Å². The van der Waals surface area contributed by atoms with Crippen LogP contribution in [-0.4, -0.2) is 11.9 Å². The van der Waals surface area contributed by atoms with Crippen LogP contribution in [0.3, 0.4) is 0 Å². The minimum Gasteiger partial charge on any atom is -0.472 e. The monoisotopic (exact) mass is 321 g/mol. The van der Waals surface area contributed by atoms with E-state index < -0.39 is 0 Å². The number of carbonyl (C=O) groups is 1. The van der Waals surface area contributed by atoms with Gasteiger partial charge in [0.05, 0.1) is 12.5 Å². The summed E-state index contributed by atoms with van der Waals surface area (Å²) in [5.74, 6) is 1.37. The number of benzene rings is 2. The molecule has 0 spiro atoms. The highest BCUT2D eigenvalue weighted by Crippen LogP contribution is 2.21. The lowest BCUT2D eigenvalue weighted by molar-refractivity contribution is 0.0940. The number of nitrogens with one attached hydrogen (secondary N) is 1. The molecule has 122 valence electrons. The number of rotatable bonds is 6. The maximum atomic E-state index is 12.3. The van der Waals surface area contributed by atoms with Gasteiger partial charge in [-0.25, -0.2) is 0 Å². The molecule has 1 heterocycles. The summed E-state index contributed by atoms with van der Waals surface area (Å²) in [5, 5.41) is 2.98. The van der Waals surface area contributed by atoms with Gasteiger partial charge in [0.2, 0.25) is 0 Å². The van der Waals surface area contributed by atoms with Crippen LogP contribution in [0.2, 0.25) is 0 Å². The van der Waals surface area contributed by atoms with Crippen molar-refractivity contribution >= 4 is 5.91 Å². The van der Waals surface area contributed by atoms with Crippen molar-refractivity contribution in [3.63, 3.8) is 0 Å². The van der Waals surface area contributed by atoms with E-state index in [2.05, 4.69) is 5.32 Å². The number of furan rings is 1. The second-order valence-electron chi connectivity index (χ2n) is 5.65. The van der Waals surface area contributed by atoms with Crippen molar-refractivity contribution < 1.29 is 13.9 Å². The predicted molar refractivity (Wildman–Crippen MR) is 92.3 cm³/mol.